The molecule has 0 aliphatic carbocycles. The molecule has 0 spiro atoms. The van der Waals surface area contributed by atoms with Gasteiger partial charge in [-0.2, -0.15) is 0 Å². The molecule has 1 aromatic rings. The van der Waals surface area contributed by atoms with Gasteiger partial charge in [0, 0.05) is 6.92 Å². The summed E-state index contributed by atoms with van der Waals surface area (Å²) in [5, 5.41) is 2.55. The lowest BCUT2D eigenvalue weighted by atomic mass is 10.0. The van der Waals surface area contributed by atoms with Gasteiger partial charge in [0.25, 0.3) is 0 Å². The third-order valence-electron chi connectivity index (χ3n) is 2.83. The fraction of sp³-hybridized carbons (Fsp3) is 0.357. The summed E-state index contributed by atoms with van der Waals surface area (Å²) in [5.41, 5.74) is 0.648. The Hall–Kier alpha value is -2.57. The molecule has 0 aromatic heterocycles. The van der Waals surface area contributed by atoms with Crippen molar-refractivity contribution in [1.29, 1.82) is 0 Å². The van der Waals surface area contributed by atoms with Crippen LogP contribution in [0, 0.1) is 0 Å². The summed E-state index contributed by atoms with van der Waals surface area (Å²) in [7, 11) is 0. The normalized spacial score (nSPS) is 20.4. The zero-order valence-electron chi connectivity index (χ0n) is 11.6. The summed E-state index contributed by atoms with van der Waals surface area (Å²) < 4.78 is 14.7. The van der Waals surface area contributed by atoms with Crippen molar-refractivity contribution in [2.45, 2.75) is 26.0 Å². The largest absolute Gasteiger partial charge is 0.463 e. The molecule has 1 heterocycles. The molecule has 1 aromatic carbocycles. The minimum absolute atomic E-state index is 0.199. The third kappa shape index (κ3) is 3.50. The van der Waals surface area contributed by atoms with E-state index in [1.807, 2.05) is 0 Å². The van der Waals surface area contributed by atoms with Crippen LogP contribution in [0.3, 0.4) is 0 Å². The summed E-state index contributed by atoms with van der Waals surface area (Å²) >= 11 is 0. The number of hydrogen-bond donors (Lipinski definition) is 1. The lowest BCUT2D eigenvalue weighted by molar-refractivity contribution is -0.152. The number of alkyl carbamates (subject to hydrolysis) is 1. The molecular formula is C14H15NO6. The van der Waals surface area contributed by atoms with Crippen LogP contribution in [0.25, 0.3) is 0 Å². The summed E-state index contributed by atoms with van der Waals surface area (Å²) in [5.74, 6) is -0.654. The zero-order valence-corrected chi connectivity index (χ0v) is 11.6. The lowest BCUT2D eigenvalue weighted by Gasteiger charge is -2.16. The summed E-state index contributed by atoms with van der Waals surface area (Å²) in [6.45, 7) is 3.17. The van der Waals surface area contributed by atoms with Crippen LogP contribution in [0.1, 0.15) is 25.5 Å². The van der Waals surface area contributed by atoms with Crippen LogP contribution in [-0.4, -0.2) is 30.7 Å². The van der Waals surface area contributed by atoms with E-state index in [2.05, 4.69) is 5.32 Å². The van der Waals surface area contributed by atoms with E-state index in [1.165, 1.54) is 6.92 Å². The molecule has 1 aliphatic heterocycles. The number of amides is 1. The van der Waals surface area contributed by atoms with Gasteiger partial charge >= 0.3 is 18.0 Å². The monoisotopic (exact) mass is 293 g/mol. The van der Waals surface area contributed by atoms with Crippen molar-refractivity contribution < 1.29 is 28.6 Å². The number of benzene rings is 1. The highest BCUT2D eigenvalue weighted by atomic mass is 16.6. The maximum absolute atomic E-state index is 11.8. The topological polar surface area (TPSA) is 90.9 Å². The molecule has 1 N–H and O–H groups in total. The molecule has 0 bridgehead atoms. The van der Waals surface area contributed by atoms with Crippen molar-refractivity contribution in [2.75, 3.05) is 6.61 Å². The molecule has 2 atom stereocenters. The van der Waals surface area contributed by atoms with Crippen LogP contribution < -0.4 is 10.1 Å². The van der Waals surface area contributed by atoms with Gasteiger partial charge in [0.15, 0.2) is 0 Å². The van der Waals surface area contributed by atoms with Gasteiger partial charge in [0.1, 0.15) is 11.8 Å². The minimum atomic E-state index is -1.03. The number of carbonyl (C=O) groups excluding carboxylic acids is 3. The molecule has 2 unspecified atom stereocenters. The van der Waals surface area contributed by atoms with E-state index in [0.717, 1.165) is 0 Å². The molecule has 7 heteroatoms. The maximum Gasteiger partial charge on any atom is 0.408 e. The van der Waals surface area contributed by atoms with Crippen molar-refractivity contribution >= 4 is 18.0 Å². The molecule has 1 fully saturated rings. The fourth-order valence-corrected chi connectivity index (χ4v) is 2.00. The van der Waals surface area contributed by atoms with E-state index in [-0.39, 0.29) is 6.61 Å². The first kappa shape index (κ1) is 14.8. The number of carbonyl (C=O) groups is 3. The number of esters is 2. The maximum atomic E-state index is 11.8. The first-order chi connectivity index (χ1) is 10.0. The van der Waals surface area contributed by atoms with Gasteiger partial charge in [0.05, 0.1) is 6.61 Å². The van der Waals surface area contributed by atoms with Gasteiger partial charge in [-0.15, -0.1) is 0 Å². The third-order valence-corrected chi connectivity index (χ3v) is 2.83. The van der Waals surface area contributed by atoms with Crippen molar-refractivity contribution in [2.24, 2.45) is 0 Å². The van der Waals surface area contributed by atoms with E-state index in [4.69, 9.17) is 14.2 Å². The number of ether oxygens (including phenoxy) is 3. The van der Waals surface area contributed by atoms with Gasteiger partial charge in [-0.05, 0) is 24.6 Å². The van der Waals surface area contributed by atoms with Crippen molar-refractivity contribution in [3.8, 4) is 5.75 Å². The van der Waals surface area contributed by atoms with Gasteiger partial charge in [-0.1, -0.05) is 12.1 Å². The number of nitrogens with one attached hydrogen (secondary N) is 1. The first-order valence-electron chi connectivity index (χ1n) is 6.43. The van der Waals surface area contributed by atoms with E-state index < -0.39 is 30.2 Å². The van der Waals surface area contributed by atoms with Gasteiger partial charge in [-0.3, -0.25) is 4.79 Å². The summed E-state index contributed by atoms with van der Waals surface area (Å²) in [4.78, 5) is 34.0. The molecule has 0 saturated carbocycles. The second-order valence-corrected chi connectivity index (χ2v) is 4.36. The molecule has 112 valence electrons. The highest BCUT2D eigenvalue weighted by Gasteiger charge is 2.41. The Balaban J connectivity index is 2.16. The standard InChI is InChI=1S/C14H15NO6/c1-3-19-13(17)12-11(15-14(18)21-12)9-4-6-10(7-5-9)20-8(2)16/h4-7,11-12H,3H2,1-2H3,(H,15,18). The van der Waals surface area contributed by atoms with E-state index in [1.54, 1.807) is 31.2 Å². The first-order valence-corrected chi connectivity index (χ1v) is 6.43. The second-order valence-electron chi connectivity index (χ2n) is 4.36. The van der Waals surface area contributed by atoms with Crippen molar-refractivity contribution in [3.05, 3.63) is 29.8 Å². The van der Waals surface area contributed by atoms with Gasteiger partial charge in [-0.25, -0.2) is 9.59 Å². The highest BCUT2D eigenvalue weighted by Crippen LogP contribution is 2.27. The summed E-state index contributed by atoms with van der Waals surface area (Å²) in [6.07, 6.45) is -1.71. The van der Waals surface area contributed by atoms with E-state index >= 15 is 0 Å². The highest BCUT2D eigenvalue weighted by molar-refractivity contribution is 5.83. The quantitative estimate of drug-likeness (QED) is 0.665. The molecule has 7 nitrogen and oxygen atoms in total. The molecule has 1 saturated heterocycles. The van der Waals surface area contributed by atoms with Gasteiger partial charge < -0.3 is 19.5 Å². The van der Waals surface area contributed by atoms with Crippen LogP contribution in [0.5, 0.6) is 5.75 Å². The SMILES string of the molecule is CCOC(=O)C1OC(=O)NC1c1ccc(OC(C)=O)cc1. The van der Waals surface area contributed by atoms with Crippen LogP contribution in [0.2, 0.25) is 0 Å². The lowest BCUT2D eigenvalue weighted by Crippen LogP contribution is -2.30. The number of cyclic esters (lactones) is 1. The Kier molecular flexibility index (Phi) is 4.42. The Morgan fingerprint density at radius 2 is 1.95 bits per heavy atom. The van der Waals surface area contributed by atoms with Crippen LogP contribution in [-0.2, 0) is 19.1 Å². The molecule has 0 radical (unpaired) electrons. The van der Waals surface area contributed by atoms with E-state index in [0.29, 0.717) is 11.3 Å². The minimum Gasteiger partial charge on any atom is -0.463 e. The Labute approximate surface area is 121 Å². The predicted molar refractivity (Wildman–Crippen MR) is 70.5 cm³/mol. The molecule has 1 aliphatic rings. The number of rotatable bonds is 4. The number of hydrogen-bond acceptors (Lipinski definition) is 6. The molecule has 21 heavy (non-hydrogen) atoms. The Morgan fingerprint density at radius 3 is 2.52 bits per heavy atom. The Bertz CT molecular complexity index is 553. The molecule has 2 rings (SSSR count). The molecule has 1 amide bonds. The summed E-state index contributed by atoms with van der Waals surface area (Å²) in [6, 6.07) is 5.80. The average molecular weight is 293 g/mol. The second kappa shape index (κ2) is 6.25. The smallest absolute Gasteiger partial charge is 0.408 e. The van der Waals surface area contributed by atoms with Gasteiger partial charge in [0.2, 0.25) is 6.10 Å². The predicted octanol–water partition coefficient (Wildman–Crippen LogP) is 1.32. The fourth-order valence-electron chi connectivity index (χ4n) is 2.00. The van der Waals surface area contributed by atoms with E-state index in [9.17, 15) is 14.4 Å². The van der Waals surface area contributed by atoms with Crippen LogP contribution >= 0.6 is 0 Å². The zero-order chi connectivity index (χ0) is 15.4. The van der Waals surface area contributed by atoms with Crippen molar-refractivity contribution in [1.82, 2.24) is 5.32 Å². The van der Waals surface area contributed by atoms with Crippen molar-refractivity contribution in [3.63, 3.8) is 0 Å². The average Bonchev–Trinajstić information content (AvgIpc) is 2.81. The Morgan fingerprint density at radius 1 is 1.29 bits per heavy atom. The molecular weight excluding hydrogens is 278 g/mol. The van der Waals surface area contributed by atoms with Crippen LogP contribution in [0.4, 0.5) is 4.79 Å². The van der Waals surface area contributed by atoms with Crippen LogP contribution in [0.15, 0.2) is 24.3 Å².